The van der Waals surface area contributed by atoms with E-state index in [9.17, 15) is 0 Å². The van der Waals surface area contributed by atoms with E-state index in [0.29, 0.717) is 0 Å². The molecule has 0 aliphatic carbocycles. The van der Waals surface area contributed by atoms with E-state index in [1.807, 2.05) is 19.9 Å². The zero-order chi connectivity index (χ0) is 7.11. The highest BCUT2D eigenvalue weighted by Crippen LogP contribution is 1.82. The van der Waals surface area contributed by atoms with E-state index in [2.05, 4.69) is 11.7 Å². The monoisotopic (exact) mass is 127 g/mol. The first-order chi connectivity index (χ1) is 4.31. The summed E-state index contributed by atoms with van der Waals surface area (Å²) in [7, 11) is 0. The third kappa shape index (κ3) is 5.07. The van der Waals surface area contributed by atoms with Crippen molar-refractivity contribution in [3.8, 4) is 0 Å². The third-order valence-electron chi connectivity index (χ3n) is 1.07. The summed E-state index contributed by atoms with van der Waals surface area (Å²) in [6.07, 6.45) is 5.03. The van der Waals surface area contributed by atoms with E-state index in [0.717, 1.165) is 18.8 Å². The first-order valence-electron chi connectivity index (χ1n) is 3.24. The molecule has 0 fully saturated rings. The molecule has 0 amide bonds. The largest absolute Gasteiger partial charge is 0.386 e. The van der Waals surface area contributed by atoms with Crippen molar-refractivity contribution in [2.24, 2.45) is 5.73 Å². The van der Waals surface area contributed by atoms with Gasteiger partial charge in [-0.25, -0.2) is 0 Å². The number of unbranched alkanes of at least 4 members (excludes halogenated alkanes) is 1. The molecule has 0 aliphatic rings. The second-order valence-electron chi connectivity index (χ2n) is 1.87. The van der Waals surface area contributed by atoms with Crippen molar-refractivity contribution in [3.05, 3.63) is 18.3 Å². The molecule has 0 unspecified atom stereocenters. The normalized spacial score (nSPS) is 11.1. The lowest BCUT2D eigenvalue weighted by Crippen LogP contribution is -2.20. The van der Waals surface area contributed by atoms with Gasteiger partial charge in [0.15, 0.2) is 0 Å². The summed E-state index contributed by atoms with van der Waals surface area (Å²) in [5.74, 6) is 0.761. The number of nitrogens with one attached hydrogen (secondary N) is 1. The van der Waals surface area contributed by atoms with Gasteiger partial charge >= 0.3 is 0 Å². The van der Waals surface area contributed by atoms with Crippen LogP contribution in [0.5, 0.6) is 0 Å². The number of hydrogen-bond acceptors (Lipinski definition) is 2. The van der Waals surface area contributed by atoms with Crippen molar-refractivity contribution in [1.82, 2.24) is 5.32 Å². The molecule has 0 aromatic heterocycles. The standard InChI is InChI=1S/C7H15N2/c1-3-5-6-9-7(8)4-2/h3-4,9H,5-6,8H2,1-2H3/q+1/b7-4+. The molecule has 0 spiro atoms. The highest BCUT2D eigenvalue weighted by molar-refractivity contribution is 4.90. The molecule has 3 N–H and O–H groups in total. The van der Waals surface area contributed by atoms with Crippen molar-refractivity contribution in [2.45, 2.75) is 20.3 Å². The van der Waals surface area contributed by atoms with E-state index in [4.69, 9.17) is 5.73 Å². The van der Waals surface area contributed by atoms with Crippen molar-refractivity contribution in [2.75, 3.05) is 6.54 Å². The molecule has 2 nitrogen and oxygen atoms in total. The van der Waals surface area contributed by atoms with Gasteiger partial charge in [-0.2, -0.15) is 0 Å². The smallest absolute Gasteiger partial charge is 0.104 e. The molecule has 0 heterocycles. The average molecular weight is 127 g/mol. The van der Waals surface area contributed by atoms with Crippen LogP contribution in [0.4, 0.5) is 0 Å². The van der Waals surface area contributed by atoms with Gasteiger partial charge in [0.25, 0.3) is 0 Å². The third-order valence-corrected chi connectivity index (χ3v) is 1.07. The fraction of sp³-hybridized carbons (Fsp3) is 0.571. The first-order valence-corrected chi connectivity index (χ1v) is 3.24. The molecule has 0 saturated heterocycles. The lowest BCUT2D eigenvalue weighted by molar-refractivity contribution is 0.769. The van der Waals surface area contributed by atoms with Crippen molar-refractivity contribution in [1.29, 1.82) is 0 Å². The Hall–Kier alpha value is -0.790. The van der Waals surface area contributed by atoms with Crippen LogP contribution < -0.4 is 11.1 Å². The van der Waals surface area contributed by atoms with Gasteiger partial charge in [0.2, 0.25) is 0 Å². The van der Waals surface area contributed by atoms with Gasteiger partial charge in [-0.15, -0.1) is 0 Å². The van der Waals surface area contributed by atoms with Gasteiger partial charge in [0.1, 0.15) is 6.42 Å². The van der Waals surface area contributed by atoms with E-state index < -0.39 is 0 Å². The summed E-state index contributed by atoms with van der Waals surface area (Å²) in [6, 6.07) is 0. The maximum absolute atomic E-state index is 5.45. The molecular formula is C7H15N2+. The predicted molar refractivity (Wildman–Crippen MR) is 40.5 cm³/mol. The van der Waals surface area contributed by atoms with Gasteiger partial charge in [-0.3, -0.25) is 0 Å². The minimum absolute atomic E-state index is 0.761. The van der Waals surface area contributed by atoms with E-state index in [1.165, 1.54) is 0 Å². The number of hydrogen-bond donors (Lipinski definition) is 2. The Morgan fingerprint density at radius 1 is 1.78 bits per heavy atom. The summed E-state index contributed by atoms with van der Waals surface area (Å²) >= 11 is 0. The Bertz CT molecular complexity index is 86.9. The van der Waals surface area contributed by atoms with Crippen LogP contribution in [-0.4, -0.2) is 6.54 Å². The van der Waals surface area contributed by atoms with Crippen molar-refractivity contribution >= 4 is 0 Å². The molecule has 9 heavy (non-hydrogen) atoms. The number of nitrogens with two attached hydrogens (primary N) is 1. The predicted octanol–water partition coefficient (Wildman–Crippen LogP) is 1.01. The van der Waals surface area contributed by atoms with Crippen LogP contribution in [0, 0.1) is 6.42 Å². The average Bonchev–Trinajstić information content (AvgIpc) is 1.89. The van der Waals surface area contributed by atoms with Gasteiger partial charge < -0.3 is 11.1 Å². The molecule has 0 bridgehead atoms. The molecule has 2 heteroatoms. The lowest BCUT2D eigenvalue weighted by Gasteiger charge is -1.99. The zero-order valence-corrected chi connectivity index (χ0v) is 6.15. The Labute approximate surface area is 57.1 Å². The summed E-state index contributed by atoms with van der Waals surface area (Å²) in [6.45, 7) is 4.89. The highest BCUT2D eigenvalue weighted by Gasteiger charge is 1.89. The Balaban J connectivity index is 3.07. The molecule has 0 rings (SSSR count). The molecule has 0 aliphatic heterocycles. The van der Waals surface area contributed by atoms with Crippen LogP contribution in [0.15, 0.2) is 11.9 Å². The summed E-state index contributed by atoms with van der Waals surface area (Å²) < 4.78 is 0. The lowest BCUT2D eigenvalue weighted by atomic mass is 10.3. The topological polar surface area (TPSA) is 38.0 Å². The summed E-state index contributed by atoms with van der Waals surface area (Å²) in [5, 5.41) is 3.04. The van der Waals surface area contributed by atoms with Crippen LogP contribution in [0.25, 0.3) is 0 Å². The second-order valence-corrected chi connectivity index (χ2v) is 1.87. The summed E-state index contributed by atoms with van der Waals surface area (Å²) in [4.78, 5) is 0. The van der Waals surface area contributed by atoms with Gasteiger partial charge in [0, 0.05) is 0 Å². The van der Waals surface area contributed by atoms with Gasteiger partial charge in [-0.1, -0.05) is 0 Å². The zero-order valence-electron chi connectivity index (χ0n) is 6.15. The molecule has 0 aromatic rings. The minimum Gasteiger partial charge on any atom is -0.386 e. The van der Waals surface area contributed by atoms with Crippen LogP contribution >= 0.6 is 0 Å². The van der Waals surface area contributed by atoms with E-state index in [-0.39, 0.29) is 0 Å². The molecule has 0 saturated carbocycles. The van der Waals surface area contributed by atoms with Gasteiger partial charge in [0.05, 0.1) is 25.7 Å². The molecule has 52 valence electrons. The van der Waals surface area contributed by atoms with Crippen LogP contribution in [0.2, 0.25) is 0 Å². The van der Waals surface area contributed by atoms with E-state index in [1.54, 1.807) is 0 Å². The Kier molecular flexibility index (Phi) is 4.88. The second kappa shape index (κ2) is 5.35. The van der Waals surface area contributed by atoms with Crippen LogP contribution in [0.3, 0.4) is 0 Å². The highest BCUT2D eigenvalue weighted by atomic mass is 15.0. The molecule has 0 radical (unpaired) electrons. The Morgan fingerprint density at radius 3 is 2.89 bits per heavy atom. The maximum Gasteiger partial charge on any atom is 0.104 e. The first kappa shape index (κ1) is 8.21. The summed E-state index contributed by atoms with van der Waals surface area (Å²) in [5.41, 5.74) is 5.45. The minimum atomic E-state index is 0.761. The molecular weight excluding hydrogens is 112 g/mol. The molecule has 0 aromatic carbocycles. The van der Waals surface area contributed by atoms with Crippen LogP contribution in [-0.2, 0) is 0 Å². The van der Waals surface area contributed by atoms with Crippen molar-refractivity contribution in [3.63, 3.8) is 0 Å². The fourth-order valence-electron chi connectivity index (χ4n) is 0.463. The maximum atomic E-state index is 5.45. The molecule has 0 atom stereocenters. The van der Waals surface area contributed by atoms with Crippen molar-refractivity contribution < 1.29 is 0 Å². The SMILES string of the molecule is C/C=C(\N)NCC[CH+]C. The number of allylic oxidation sites excluding steroid dienone is 1. The van der Waals surface area contributed by atoms with E-state index >= 15 is 0 Å². The Morgan fingerprint density at radius 2 is 2.44 bits per heavy atom. The fourth-order valence-corrected chi connectivity index (χ4v) is 0.463. The van der Waals surface area contributed by atoms with Crippen LogP contribution in [0.1, 0.15) is 20.3 Å². The quantitative estimate of drug-likeness (QED) is 0.437. The number of rotatable bonds is 4. The van der Waals surface area contributed by atoms with Gasteiger partial charge in [-0.05, 0) is 13.0 Å².